The molecule has 3 heterocycles. The van der Waals surface area contributed by atoms with Gasteiger partial charge in [0.15, 0.2) is 0 Å². The van der Waals surface area contributed by atoms with E-state index < -0.39 is 0 Å². The van der Waals surface area contributed by atoms with Crippen molar-refractivity contribution in [2.45, 2.75) is 13.5 Å². The maximum absolute atomic E-state index is 6.10. The van der Waals surface area contributed by atoms with Crippen LogP contribution in [0.25, 0.3) is 22.2 Å². The van der Waals surface area contributed by atoms with E-state index in [9.17, 15) is 0 Å². The van der Waals surface area contributed by atoms with Crippen molar-refractivity contribution in [3.63, 3.8) is 0 Å². The van der Waals surface area contributed by atoms with Gasteiger partial charge in [-0.25, -0.2) is 4.98 Å². The van der Waals surface area contributed by atoms with Crippen LogP contribution in [0.2, 0.25) is 0 Å². The summed E-state index contributed by atoms with van der Waals surface area (Å²) in [5.41, 5.74) is 2.07. The summed E-state index contributed by atoms with van der Waals surface area (Å²) < 4.78 is 11.6. The highest BCUT2D eigenvalue weighted by atomic mass is 35.5. The molecule has 0 radical (unpaired) electrons. The molecule has 5 nitrogen and oxygen atoms in total. The highest BCUT2D eigenvalue weighted by Gasteiger charge is 2.36. The maximum atomic E-state index is 6.10. The summed E-state index contributed by atoms with van der Waals surface area (Å²) in [4.78, 5) is 7.40. The van der Waals surface area contributed by atoms with E-state index in [1.807, 2.05) is 31.2 Å². The zero-order valence-corrected chi connectivity index (χ0v) is 18.3. The molecule has 2 fully saturated rings. The molecule has 7 heteroatoms. The molecule has 0 spiro atoms. The van der Waals surface area contributed by atoms with Crippen LogP contribution < -0.4 is 10.1 Å². The van der Waals surface area contributed by atoms with Gasteiger partial charge in [0.05, 0.1) is 12.8 Å². The first-order valence-electron chi connectivity index (χ1n) is 9.68. The van der Waals surface area contributed by atoms with Crippen molar-refractivity contribution < 1.29 is 9.15 Å². The van der Waals surface area contributed by atoms with E-state index in [0.717, 1.165) is 78.1 Å². The average Bonchev–Trinajstić information content (AvgIpc) is 3.36. The molecule has 2 aromatic carbocycles. The van der Waals surface area contributed by atoms with Crippen LogP contribution in [0, 0.1) is 18.8 Å². The summed E-state index contributed by atoms with van der Waals surface area (Å²) in [5, 5.41) is 5.68. The third-order valence-electron chi connectivity index (χ3n) is 6.07. The number of ether oxygens (including phenoxy) is 1. The molecule has 1 N–H and O–H groups in total. The van der Waals surface area contributed by atoms with Gasteiger partial charge >= 0.3 is 0 Å². The first kappa shape index (κ1) is 21.9. The van der Waals surface area contributed by atoms with Gasteiger partial charge in [0, 0.05) is 30.6 Å². The van der Waals surface area contributed by atoms with E-state index in [1.54, 1.807) is 7.11 Å². The first-order valence-corrected chi connectivity index (χ1v) is 9.68. The monoisotopic (exact) mass is 435 g/mol. The van der Waals surface area contributed by atoms with Gasteiger partial charge in [0.2, 0.25) is 5.89 Å². The fourth-order valence-electron chi connectivity index (χ4n) is 4.62. The average molecular weight is 436 g/mol. The summed E-state index contributed by atoms with van der Waals surface area (Å²) >= 11 is 0. The summed E-state index contributed by atoms with van der Waals surface area (Å²) in [6.45, 7) is 7.52. The zero-order chi connectivity index (χ0) is 18.4. The van der Waals surface area contributed by atoms with E-state index in [1.165, 1.54) is 0 Å². The number of hydrogen-bond acceptors (Lipinski definition) is 5. The molecular weight excluding hydrogens is 409 g/mol. The lowest BCUT2D eigenvalue weighted by Crippen LogP contribution is -2.25. The van der Waals surface area contributed by atoms with Crippen LogP contribution in [-0.2, 0) is 6.54 Å². The van der Waals surface area contributed by atoms with Crippen molar-refractivity contribution in [1.82, 2.24) is 15.2 Å². The van der Waals surface area contributed by atoms with Crippen LogP contribution in [-0.4, -0.2) is 43.2 Å². The Morgan fingerprint density at radius 2 is 1.76 bits per heavy atom. The van der Waals surface area contributed by atoms with E-state index >= 15 is 0 Å². The van der Waals surface area contributed by atoms with Crippen LogP contribution in [0.15, 0.2) is 40.8 Å². The molecule has 0 saturated carbocycles. The molecule has 2 aliphatic heterocycles. The van der Waals surface area contributed by atoms with Crippen molar-refractivity contribution >= 4 is 35.6 Å². The largest absolute Gasteiger partial charge is 0.496 e. The topological polar surface area (TPSA) is 50.5 Å². The van der Waals surface area contributed by atoms with Gasteiger partial charge < -0.3 is 14.5 Å². The zero-order valence-electron chi connectivity index (χ0n) is 16.7. The SMILES string of the molecule is COc1ccc(-c2nc(CN3C[C@H]4CNC[C@H]4C3)c(C)o2)c2ccccc12.Cl.Cl. The van der Waals surface area contributed by atoms with Gasteiger partial charge in [0.1, 0.15) is 11.5 Å². The second-order valence-corrected chi connectivity index (χ2v) is 7.76. The van der Waals surface area contributed by atoms with Crippen LogP contribution in [0.5, 0.6) is 5.75 Å². The molecule has 5 rings (SSSR count). The Labute approximate surface area is 183 Å². The van der Waals surface area contributed by atoms with Gasteiger partial charge in [-0.1, -0.05) is 24.3 Å². The Morgan fingerprint density at radius 1 is 1.07 bits per heavy atom. The minimum Gasteiger partial charge on any atom is -0.496 e. The fraction of sp³-hybridized carbons (Fsp3) is 0.409. The summed E-state index contributed by atoms with van der Waals surface area (Å²) in [5.74, 6) is 4.07. The molecule has 0 amide bonds. The molecule has 2 saturated heterocycles. The van der Waals surface area contributed by atoms with E-state index in [4.69, 9.17) is 14.1 Å². The lowest BCUT2D eigenvalue weighted by Gasteiger charge is -2.15. The molecule has 1 aromatic heterocycles. The number of oxazole rings is 1. The molecule has 0 aliphatic carbocycles. The van der Waals surface area contributed by atoms with Crippen molar-refractivity contribution in [3.05, 3.63) is 47.9 Å². The normalized spacial score (nSPS) is 20.9. The molecule has 156 valence electrons. The number of aromatic nitrogens is 1. The first-order chi connectivity index (χ1) is 13.2. The lowest BCUT2D eigenvalue weighted by molar-refractivity contribution is 0.300. The number of hydrogen-bond donors (Lipinski definition) is 1. The third-order valence-corrected chi connectivity index (χ3v) is 6.07. The van der Waals surface area contributed by atoms with Gasteiger partial charge in [-0.2, -0.15) is 0 Å². The molecular formula is C22H27Cl2N3O2. The minimum absolute atomic E-state index is 0. The number of fused-ring (bicyclic) bond motifs is 2. The third kappa shape index (κ3) is 3.97. The van der Waals surface area contributed by atoms with Crippen LogP contribution >= 0.6 is 24.8 Å². The number of rotatable bonds is 4. The van der Waals surface area contributed by atoms with Crippen LogP contribution in [0.1, 0.15) is 11.5 Å². The Morgan fingerprint density at radius 3 is 2.45 bits per heavy atom. The molecule has 2 atom stereocenters. The fourth-order valence-corrected chi connectivity index (χ4v) is 4.62. The van der Waals surface area contributed by atoms with Gasteiger partial charge in [0.25, 0.3) is 0 Å². The predicted octanol–water partition coefficient (Wildman–Crippen LogP) is 4.31. The number of aryl methyl sites for hydroxylation is 1. The summed E-state index contributed by atoms with van der Waals surface area (Å²) in [6, 6.07) is 12.3. The number of methoxy groups -OCH3 is 1. The number of benzene rings is 2. The molecule has 0 bridgehead atoms. The standard InChI is InChI=1S/C22H25N3O2.2ClH/c1-14-20(13-25-11-15-9-23-10-16(15)12-25)24-22(27-14)19-7-8-21(26-2)18-6-4-3-5-17(18)19;;/h3-8,15-16,23H,9-13H2,1-2H3;2*1H/t15-,16+;;. The quantitative estimate of drug-likeness (QED) is 0.661. The minimum atomic E-state index is 0. The van der Waals surface area contributed by atoms with E-state index in [-0.39, 0.29) is 24.8 Å². The molecule has 3 aromatic rings. The van der Waals surface area contributed by atoms with E-state index in [0.29, 0.717) is 5.89 Å². The molecule has 29 heavy (non-hydrogen) atoms. The van der Waals surface area contributed by atoms with Crippen molar-refractivity contribution in [2.24, 2.45) is 11.8 Å². The Hall–Kier alpha value is -1.79. The van der Waals surface area contributed by atoms with Gasteiger partial charge in [-0.15, -0.1) is 24.8 Å². The smallest absolute Gasteiger partial charge is 0.227 e. The van der Waals surface area contributed by atoms with Gasteiger partial charge in [-0.3, -0.25) is 4.90 Å². The maximum Gasteiger partial charge on any atom is 0.227 e. The Balaban J connectivity index is 0.00000120. The number of halogens is 2. The molecule has 0 unspecified atom stereocenters. The van der Waals surface area contributed by atoms with Crippen LogP contribution in [0.3, 0.4) is 0 Å². The number of nitrogens with one attached hydrogen (secondary N) is 1. The number of likely N-dealkylation sites (tertiary alicyclic amines) is 1. The molecule has 2 aliphatic rings. The second-order valence-electron chi connectivity index (χ2n) is 7.76. The van der Waals surface area contributed by atoms with Crippen molar-refractivity contribution in [1.29, 1.82) is 0 Å². The Bertz CT molecular complexity index is 979. The lowest BCUT2D eigenvalue weighted by atomic mass is 10.0. The highest BCUT2D eigenvalue weighted by Crippen LogP contribution is 2.35. The van der Waals surface area contributed by atoms with Crippen LogP contribution in [0.4, 0.5) is 0 Å². The summed E-state index contributed by atoms with van der Waals surface area (Å²) in [7, 11) is 1.70. The van der Waals surface area contributed by atoms with Gasteiger partial charge in [-0.05, 0) is 49.4 Å². The van der Waals surface area contributed by atoms with E-state index in [2.05, 4.69) is 22.3 Å². The van der Waals surface area contributed by atoms with Crippen molar-refractivity contribution in [3.8, 4) is 17.2 Å². The Kier molecular flexibility index (Phi) is 6.74. The number of nitrogens with zero attached hydrogens (tertiary/aromatic N) is 2. The second kappa shape index (κ2) is 8.92. The highest BCUT2D eigenvalue weighted by molar-refractivity contribution is 5.98. The summed E-state index contributed by atoms with van der Waals surface area (Å²) in [6.07, 6.45) is 0. The van der Waals surface area contributed by atoms with Crippen molar-refractivity contribution in [2.75, 3.05) is 33.3 Å². The predicted molar refractivity (Wildman–Crippen MR) is 120 cm³/mol.